The minimum absolute atomic E-state index is 0.421. The van der Waals surface area contributed by atoms with Gasteiger partial charge in [0.05, 0.1) is 0 Å². The van der Waals surface area contributed by atoms with Crippen molar-refractivity contribution in [2.24, 2.45) is 17.6 Å². The Morgan fingerprint density at radius 3 is 1.18 bits per heavy atom. The fourth-order valence-corrected chi connectivity index (χ4v) is 5.36. The van der Waals surface area contributed by atoms with Crippen LogP contribution in [0.5, 0.6) is 0 Å². The van der Waals surface area contributed by atoms with Crippen molar-refractivity contribution in [3.05, 3.63) is 12.2 Å². The third-order valence-corrected chi connectivity index (χ3v) is 7.37. The van der Waals surface area contributed by atoms with Crippen molar-refractivity contribution < 1.29 is 0 Å². The van der Waals surface area contributed by atoms with E-state index in [1.807, 2.05) is 0 Å². The van der Waals surface area contributed by atoms with Gasteiger partial charge in [0.15, 0.2) is 0 Å². The van der Waals surface area contributed by atoms with Crippen LogP contribution in [0, 0.1) is 11.8 Å². The fourth-order valence-electron chi connectivity index (χ4n) is 5.36. The molecule has 0 saturated heterocycles. The van der Waals surface area contributed by atoms with Gasteiger partial charge in [0.25, 0.3) is 0 Å². The molecule has 0 heterocycles. The van der Waals surface area contributed by atoms with Crippen molar-refractivity contribution in [1.82, 2.24) is 0 Å². The van der Waals surface area contributed by atoms with E-state index in [1.54, 1.807) is 0 Å². The Bertz CT molecular complexity index is 374. The van der Waals surface area contributed by atoms with Crippen LogP contribution in [-0.4, -0.2) is 6.04 Å². The highest BCUT2D eigenvalue weighted by Gasteiger charge is 2.22. The van der Waals surface area contributed by atoms with E-state index < -0.39 is 0 Å². The van der Waals surface area contributed by atoms with Crippen molar-refractivity contribution in [2.75, 3.05) is 0 Å². The van der Waals surface area contributed by atoms with Gasteiger partial charge in [0, 0.05) is 6.04 Å². The third-order valence-electron chi connectivity index (χ3n) is 7.37. The Balaban J connectivity index is 1.64. The molecule has 2 bridgehead atoms. The summed E-state index contributed by atoms with van der Waals surface area (Å²) in [6.07, 6.45) is 36.6. The van der Waals surface area contributed by atoms with E-state index in [9.17, 15) is 0 Å². The molecule has 164 valence electrons. The zero-order chi connectivity index (χ0) is 19.7. The lowest BCUT2D eigenvalue weighted by Crippen LogP contribution is -2.33. The summed E-state index contributed by atoms with van der Waals surface area (Å²) in [5.41, 5.74) is 6.53. The largest absolute Gasteiger partial charge is 0.327 e. The van der Waals surface area contributed by atoms with E-state index in [1.165, 1.54) is 141 Å². The molecule has 1 fully saturated rings. The first-order valence-corrected chi connectivity index (χ1v) is 13.3. The molecule has 3 atom stereocenters. The molecule has 0 aromatic heterocycles. The Labute approximate surface area is 177 Å². The van der Waals surface area contributed by atoms with Crippen LogP contribution in [-0.2, 0) is 0 Å². The summed E-state index contributed by atoms with van der Waals surface area (Å²) in [5, 5.41) is 0. The van der Waals surface area contributed by atoms with Crippen molar-refractivity contribution >= 4 is 0 Å². The molecule has 3 unspecified atom stereocenters. The molecule has 3 rings (SSSR count). The van der Waals surface area contributed by atoms with Crippen molar-refractivity contribution in [3.63, 3.8) is 0 Å². The lowest BCUT2D eigenvalue weighted by Gasteiger charge is -2.29. The second kappa shape index (κ2) is 16.5. The SMILES string of the molecule is NC1CC2C=CC1CCCCCCCCCCCCCCCCCCCCC2. The molecule has 0 radical (unpaired) electrons. The summed E-state index contributed by atoms with van der Waals surface area (Å²) in [6, 6.07) is 0.421. The van der Waals surface area contributed by atoms with Gasteiger partial charge in [-0.15, -0.1) is 0 Å². The molecule has 1 heteroatoms. The maximum absolute atomic E-state index is 6.53. The Kier molecular flexibility index (Phi) is 14.1. The Morgan fingerprint density at radius 1 is 0.429 bits per heavy atom. The number of fused-ring (bicyclic) bond motifs is 21. The van der Waals surface area contributed by atoms with Crippen LogP contribution in [0.2, 0.25) is 0 Å². The molecule has 1 nitrogen and oxygen atoms in total. The molecule has 0 aromatic carbocycles. The molecule has 28 heavy (non-hydrogen) atoms. The van der Waals surface area contributed by atoms with Crippen LogP contribution in [0.25, 0.3) is 0 Å². The highest BCUT2D eigenvalue weighted by Crippen LogP contribution is 2.29. The molecule has 2 N–H and O–H groups in total. The molecule has 1 saturated carbocycles. The van der Waals surface area contributed by atoms with Gasteiger partial charge in [0.1, 0.15) is 0 Å². The highest BCUT2D eigenvalue weighted by molar-refractivity contribution is 5.03. The molecule has 0 spiro atoms. The smallest absolute Gasteiger partial charge is 0.0107 e. The van der Waals surface area contributed by atoms with Crippen LogP contribution in [0.1, 0.15) is 141 Å². The highest BCUT2D eigenvalue weighted by atomic mass is 14.7. The van der Waals surface area contributed by atoms with Crippen molar-refractivity contribution in [2.45, 2.75) is 147 Å². The minimum Gasteiger partial charge on any atom is -0.327 e. The monoisotopic (exact) mass is 389 g/mol. The average Bonchev–Trinajstić information content (AvgIpc) is 2.70. The van der Waals surface area contributed by atoms with E-state index in [-0.39, 0.29) is 0 Å². The summed E-state index contributed by atoms with van der Waals surface area (Å²) in [5.74, 6) is 1.42. The standard InChI is InChI=1S/C27H51N/c28-27-24-25-20-18-16-14-12-10-8-6-4-2-1-3-5-7-9-11-13-15-17-19-21-26(27)23-22-25/h22-23,25-27H,1-21,24,28H2. The molecule has 0 aromatic rings. The summed E-state index contributed by atoms with van der Waals surface area (Å²) in [7, 11) is 0. The zero-order valence-electron chi connectivity index (χ0n) is 19.0. The first kappa shape index (κ1) is 24.0. The average molecular weight is 390 g/mol. The normalized spacial score (nSPS) is 31.7. The number of hydrogen-bond donors (Lipinski definition) is 1. The predicted octanol–water partition coefficient (Wildman–Crippen LogP) is 8.71. The lowest BCUT2D eigenvalue weighted by molar-refractivity contribution is 0.349. The van der Waals surface area contributed by atoms with Crippen LogP contribution in [0.4, 0.5) is 0 Å². The van der Waals surface area contributed by atoms with Gasteiger partial charge < -0.3 is 5.73 Å². The molecular weight excluding hydrogens is 338 g/mol. The van der Waals surface area contributed by atoms with E-state index in [0.29, 0.717) is 12.0 Å². The second-order valence-corrected chi connectivity index (χ2v) is 10.0. The summed E-state index contributed by atoms with van der Waals surface area (Å²) in [4.78, 5) is 0. The first-order chi connectivity index (χ1) is 13.9. The predicted molar refractivity (Wildman–Crippen MR) is 126 cm³/mol. The van der Waals surface area contributed by atoms with Crippen LogP contribution in [0.3, 0.4) is 0 Å². The van der Waals surface area contributed by atoms with Crippen LogP contribution < -0.4 is 5.73 Å². The van der Waals surface area contributed by atoms with E-state index in [2.05, 4.69) is 12.2 Å². The Hall–Kier alpha value is -0.300. The second-order valence-electron chi connectivity index (χ2n) is 10.0. The first-order valence-electron chi connectivity index (χ1n) is 13.3. The molecule has 0 amide bonds. The van der Waals surface area contributed by atoms with Crippen molar-refractivity contribution in [3.8, 4) is 0 Å². The van der Waals surface area contributed by atoms with E-state index in [4.69, 9.17) is 5.73 Å². The topological polar surface area (TPSA) is 26.0 Å². The molecule has 0 aliphatic heterocycles. The minimum atomic E-state index is 0.421. The van der Waals surface area contributed by atoms with Gasteiger partial charge in [-0.25, -0.2) is 0 Å². The summed E-state index contributed by atoms with van der Waals surface area (Å²) >= 11 is 0. The third kappa shape index (κ3) is 11.6. The fraction of sp³-hybridized carbons (Fsp3) is 0.926. The van der Waals surface area contributed by atoms with Gasteiger partial charge in [-0.2, -0.15) is 0 Å². The number of nitrogens with two attached hydrogens (primary N) is 1. The summed E-state index contributed by atoms with van der Waals surface area (Å²) < 4.78 is 0. The van der Waals surface area contributed by atoms with E-state index in [0.717, 1.165) is 5.92 Å². The number of allylic oxidation sites excluding steroid dienone is 1. The molecular formula is C27H51N. The van der Waals surface area contributed by atoms with Gasteiger partial charge in [0.2, 0.25) is 0 Å². The lowest BCUT2D eigenvalue weighted by atomic mass is 9.80. The maximum Gasteiger partial charge on any atom is 0.0107 e. The molecule has 3 aliphatic rings. The zero-order valence-corrected chi connectivity index (χ0v) is 19.0. The van der Waals surface area contributed by atoms with Crippen molar-refractivity contribution in [1.29, 1.82) is 0 Å². The van der Waals surface area contributed by atoms with Crippen LogP contribution in [0.15, 0.2) is 12.2 Å². The Morgan fingerprint density at radius 2 is 0.786 bits per heavy atom. The van der Waals surface area contributed by atoms with Crippen LogP contribution >= 0.6 is 0 Å². The number of hydrogen-bond acceptors (Lipinski definition) is 1. The van der Waals surface area contributed by atoms with Gasteiger partial charge >= 0.3 is 0 Å². The van der Waals surface area contributed by atoms with Gasteiger partial charge in [-0.1, -0.05) is 134 Å². The quantitative estimate of drug-likeness (QED) is 0.412. The maximum atomic E-state index is 6.53. The molecule has 3 aliphatic carbocycles. The van der Waals surface area contributed by atoms with Gasteiger partial charge in [-0.3, -0.25) is 0 Å². The summed E-state index contributed by atoms with van der Waals surface area (Å²) in [6.45, 7) is 0. The van der Waals surface area contributed by atoms with Gasteiger partial charge in [-0.05, 0) is 31.1 Å². The number of rotatable bonds is 0. The van der Waals surface area contributed by atoms with E-state index >= 15 is 0 Å².